The van der Waals surface area contributed by atoms with Crippen LogP contribution in [0.25, 0.3) is 0 Å². The maximum absolute atomic E-state index is 11.7. The highest BCUT2D eigenvalue weighted by molar-refractivity contribution is 5.23. The highest BCUT2D eigenvalue weighted by Gasteiger charge is 2.53. The van der Waals surface area contributed by atoms with Crippen LogP contribution < -0.4 is 11.4 Å². The molecule has 0 radical (unpaired) electrons. The van der Waals surface area contributed by atoms with Gasteiger partial charge in [0.2, 0.25) is 0 Å². The first-order chi connectivity index (χ1) is 8.93. The van der Waals surface area contributed by atoms with E-state index in [2.05, 4.69) is 4.98 Å². The Bertz CT molecular complexity index is 519. The lowest BCUT2D eigenvalue weighted by Gasteiger charge is -2.29. The number of aromatic nitrogens is 2. The van der Waals surface area contributed by atoms with Gasteiger partial charge in [0.15, 0.2) is 6.23 Å². The van der Waals surface area contributed by atoms with E-state index >= 15 is 0 Å². The Morgan fingerprint density at radius 1 is 1.58 bits per heavy atom. The molecule has 1 aliphatic heterocycles. The van der Waals surface area contributed by atoms with E-state index in [1.165, 1.54) is 12.3 Å². The molecule has 4 atom stereocenters. The number of nitrogens with zero attached hydrogens (tertiary/aromatic N) is 2. The van der Waals surface area contributed by atoms with E-state index in [0.29, 0.717) is 0 Å². The van der Waals surface area contributed by atoms with Crippen LogP contribution in [0.1, 0.15) is 13.2 Å². The molecule has 106 valence electrons. The summed E-state index contributed by atoms with van der Waals surface area (Å²) in [6, 6.07) is 1.40. The molecule has 8 nitrogen and oxygen atoms in total. The first kappa shape index (κ1) is 13.9. The predicted molar refractivity (Wildman–Crippen MR) is 65.1 cm³/mol. The number of nitrogens with two attached hydrogens (primary N) is 1. The van der Waals surface area contributed by atoms with E-state index in [-0.39, 0.29) is 19.0 Å². The van der Waals surface area contributed by atoms with Gasteiger partial charge in [0.05, 0.1) is 19.3 Å². The van der Waals surface area contributed by atoms with Crippen LogP contribution >= 0.6 is 0 Å². The lowest BCUT2D eigenvalue weighted by Crippen LogP contribution is -2.43. The molecular weight excluding hydrogens is 254 g/mol. The minimum absolute atomic E-state index is 0.0670. The Labute approximate surface area is 109 Å². The average molecular weight is 271 g/mol. The second kappa shape index (κ2) is 4.89. The minimum atomic E-state index is -1.15. The van der Waals surface area contributed by atoms with Crippen LogP contribution in [0.4, 0.5) is 5.82 Å². The van der Waals surface area contributed by atoms with E-state index in [1.54, 1.807) is 6.92 Å². The van der Waals surface area contributed by atoms with Crippen LogP contribution in [-0.4, -0.2) is 50.3 Å². The summed E-state index contributed by atoms with van der Waals surface area (Å²) in [4.78, 5) is 15.3. The van der Waals surface area contributed by atoms with E-state index in [4.69, 9.17) is 10.5 Å². The molecule has 1 aromatic rings. The number of hydrogen-bond acceptors (Lipinski definition) is 7. The Hall–Kier alpha value is -1.48. The van der Waals surface area contributed by atoms with Crippen LogP contribution in [0.5, 0.6) is 0 Å². The van der Waals surface area contributed by atoms with Gasteiger partial charge in [-0.25, -0.2) is 4.79 Å². The molecule has 0 saturated carbocycles. The molecule has 0 aromatic carbocycles. The molecule has 0 amide bonds. The first-order valence-electron chi connectivity index (χ1n) is 5.84. The van der Waals surface area contributed by atoms with Gasteiger partial charge in [-0.1, -0.05) is 6.92 Å². The normalized spacial score (nSPS) is 34.6. The van der Waals surface area contributed by atoms with Crippen molar-refractivity contribution in [3.05, 3.63) is 22.7 Å². The molecule has 1 aliphatic rings. The van der Waals surface area contributed by atoms with E-state index in [1.807, 2.05) is 0 Å². The van der Waals surface area contributed by atoms with Crippen molar-refractivity contribution in [1.29, 1.82) is 0 Å². The van der Waals surface area contributed by atoms with Gasteiger partial charge < -0.3 is 25.8 Å². The summed E-state index contributed by atoms with van der Waals surface area (Å²) in [5, 5.41) is 28.9. The summed E-state index contributed by atoms with van der Waals surface area (Å²) in [5.74, 6) is 0.0670. The smallest absolute Gasteiger partial charge is 0.351 e. The molecule has 0 unspecified atom stereocenters. The van der Waals surface area contributed by atoms with Crippen LogP contribution in [0, 0.1) is 5.41 Å². The topological polar surface area (TPSA) is 131 Å². The van der Waals surface area contributed by atoms with E-state index < -0.39 is 29.5 Å². The average Bonchev–Trinajstić information content (AvgIpc) is 2.63. The van der Waals surface area contributed by atoms with Crippen molar-refractivity contribution in [2.24, 2.45) is 5.41 Å². The number of aliphatic hydroxyl groups excluding tert-OH is 3. The molecule has 19 heavy (non-hydrogen) atoms. The van der Waals surface area contributed by atoms with Gasteiger partial charge in [-0.3, -0.25) is 4.57 Å². The first-order valence-corrected chi connectivity index (χ1v) is 5.84. The standard InChI is InChI=1S/C11H17N3O5/c1-11(5-16)6(4-15)19-9(8(11)17)14-3-2-7(12)13-10(14)18/h2-3,6,8-9,15-17H,4-5H2,1H3,(H2,12,13,18)/t6-,8+,9-,11+/m1/s1. The fraction of sp³-hybridized carbons (Fsp3) is 0.636. The third kappa shape index (κ3) is 2.12. The zero-order valence-corrected chi connectivity index (χ0v) is 10.4. The summed E-state index contributed by atoms with van der Waals surface area (Å²) in [6.45, 7) is 0.823. The van der Waals surface area contributed by atoms with Crippen molar-refractivity contribution >= 4 is 5.82 Å². The third-order valence-corrected chi connectivity index (χ3v) is 3.62. The van der Waals surface area contributed by atoms with Crippen LogP contribution in [-0.2, 0) is 4.74 Å². The highest BCUT2D eigenvalue weighted by atomic mass is 16.5. The maximum Gasteiger partial charge on any atom is 0.351 e. The Balaban J connectivity index is 2.39. The predicted octanol–water partition coefficient (Wildman–Crippen LogP) is -1.93. The van der Waals surface area contributed by atoms with E-state index in [0.717, 1.165) is 4.57 Å². The van der Waals surface area contributed by atoms with Gasteiger partial charge in [0, 0.05) is 11.6 Å². The molecule has 2 heterocycles. The zero-order valence-electron chi connectivity index (χ0n) is 10.4. The third-order valence-electron chi connectivity index (χ3n) is 3.62. The van der Waals surface area contributed by atoms with Crippen molar-refractivity contribution in [3.63, 3.8) is 0 Å². The Kier molecular flexibility index (Phi) is 3.59. The molecule has 8 heteroatoms. The second-order valence-electron chi connectivity index (χ2n) is 4.85. The van der Waals surface area contributed by atoms with Crippen molar-refractivity contribution in [2.75, 3.05) is 18.9 Å². The van der Waals surface area contributed by atoms with Crippen LogP contribution in [0.2, 0.25) is 0 Å². The van der Waals surface area contributed by atoms with Crippen LogP contribution in [0.15, 0.2) is 17.1 Å². The van der Waals surface area contributed by atoms with Crippen molar-refractivity contribution in [2.45, 2.75) is 25.4 Å². The number of hydrogen-bond donors (Lipinski definition) is 4. The molecule has 2 rings (SSSR count). The summed E-state index contributed by atoms with van der Waals surface area (Å²) in [5.41, 5.74) is 3.67. The monoisotopic (exact) mass is 271 g/mol. The second-order valence-corrected chi connectivity index (χ2v) is 4.85. The van der Waals surface area contributed by atoms with Gasteiger partial charge in [-0.2, -0.15) is 4.98 Å². The molecular formula is C11H17N3O5. The molecule has 1 fully saturated rings. The molecule has 5 N–H and O–H groups in total. The quantitative estimate of drug-likeness (QED) is 0.503. The lowest BCUT2D eigenvalue weighted by atomic mass is 9.81. The zero-order chi connectivity index (χ0) is 14.2. The number of rotatable bonds is 3. The molecule has 1 saturated heterocycles. The summed E-state index contributed by atoms with van der Waals surface area (Å²) in [6.07, 6.45) is -1.59. The number of anilines is 1. The number of nitrogen functional groups attached to an aromatic ring is 1. The summed E-state index contributed by atoms with van der Waals surface area (Å²) >= 11 is 0. The molecule has 0 bridgehead atoms. The fourth-order valence-corrected chi connectivity index (χ4v) is 2.20. The van der Waals surface area contributed by atoms with Crippen molar-refractivity contribution < 1.29 is 20.1 Å². The van der Waals surface area contributed by atoms with Gasteiger partial charge >= 0.3 is 5.69 Å². The SMILES string of the molecule is C[C@]1(CO)[C@@H](CO)O[C@@H](n2ccc(N)nc2=O)[C@@H]1O. The van der Waals surface area contributed by atoms with Gasteiger partial charge in [-0.15, -0.1) is 0 Å². The summed E-state index contributed by atoms with van der Waals surface area (Å²) < 4.78 is 6.55. The molecule has 1 aromatic heterocycles. The maximum atomic E-state index is 11.7. The number of aliphatic hydroxyl groups is 3. The Morgan fingerprint density at radius 3 is 2.74 bits per heavy atom. The fourth-order valence-electron chi connectivity index (χ4n) is 2.20. The number of ether oxygens (including phenoxy) is 1. The molecule has 0 spiro atoms. The lowest BCUT2D eigenvalue weighted by molar-refractivity contribution is -0.0571. The Morgan fingerprint density at radius 2 is 2.26 bits per heavy atom. The van der Waals surface area contributed by atoms with Crippen molar-refractivity contribution in [1.82, 2.24) is 9.55 Å². The highest BCUT2D eigenvalue weighted by Crippen LogP contribution is 2.42. The minimum Gasteiger partial charge on any atom is -0.396 e. The van der Waals surface area contributed by atoms with Gasteiger partial charge in [-0.05, 0) is 6.07 Å². The largest absolute Gasteiger partial charge is 0.396 e. The van der Waals surface area contributed by atoms with Crippen LogP contribution in [0.3, 0.4) is 0 Å². The van der Waals surface area contributed by atoms with Gasteiger partial charge in [0.1, 0.15) is 11.9 Å². The van der Waals surface area contributed by atoms with Crippen molar-refractivity contribution in [3.8, 4) is 0 Å². The van der Waals surface area contributed by atoms with E-state index in [9.17, 15) is 20.1 Å². The summed E-state index contributed by atoms with van der Waals surface area (Å²) in [7, 11) is 0. The molecule has 0 aliphatic carbocycles. The van der Waals surface area contributed by atoms with Gasteiger partial charge in [0.25, 0.3) is 0 Å².